The molecule has 0 bridgehead atoms. The predicted molar refractivity (Wildman–Crippen MR) is 131 cm³/mol. The van der Waals surface area contributed by atoms with Gasteiger partial charge in [-0.3, -0.25) is 14.3 Å². The molecule has 2 saturated heterocycles. The second-order valence-electron chi connectivity index (χ2n) is 10.7. The van der Waals surface area contributed by atoms with Crippen LogP contribution in [0.3, 0.4) is 0 Å². The highest BCUT2D eigenvalue weighted by Gasteiger charge is 2.55. The van der Waals surface area contributed by atoms with E-state index >= 15 is 0 Å². The number of hydrogen-bond acceptors (Lipinski definition) is 7. The number of H-pyrrole nitrogens is 1. The Labute approximate surface area is 191 Å². The molecule has 0 aromatic carbocycles. The molecule has 3 heterocycles. The van der Waals surface area contributed by atoms with Crippen molar-refractivity contribution in [3.63, 3.8) is 0 Å². The van der Waals surface area contributed by atoms with Gasteiger partial charge in [0.05, 0.1) is 18.0 Å². The summed E-state index contributed by atoms with van der Waals surface area (Å²) in [5.74, 6) is 0. The Morgan fingerprint density at radius 2 is 1.84 bits per heavy atom. The second kappa shape index (κ2) is 8.38. The molecule has 0 radical (unpaired) electrons. The Kier molecular flexibility index (Phi) is 6.80. The molecular weight excluding hydrogens is 469 g/mol. The van der Waals surface area contributed by atoms with E-state index in [1.807, 2.05) is 26.2 Å². The van der Waals surface area contributed by atoms with Gasteiger partial charge in [0.25, 0.3) is 5.56 Å². The first kappa shape index (κ1) is 25.1. The highest BCUT2D eigenvalue weighted by molar-refractivity contribution is 8.00. The second-order valence-corrected chi connectivity index (χ2v) is 23.8. The standard InChI is InChI=1S/C19H36N2O6SSi3/c1-19(2,3)29(4,5)25-16-15-13(12-24-30(6,7)27-31(8,9)26-15)28-17(16)21-11-10-14(22)20-18(21)23/h10-11,13,15-17H,12H2,1-9H3,(H,20,22,23)/t13-,15-,16-,17-/m1/s1. The normalized spacial score (nSPS) is 31.0. The highest BCUT2D eigenvalue weighted by atomic mass is 32.2. The molecule has 0 spiro atoms. The molecule has 0 aliphatic carbocycles. The lowest BCUT2D eigenvalue weighted by Gasteiger charge is -2.44. The van der Waals surface area contributed by atoms with Crippen LogP contribution < -0.4 is 11.2 Å². The molecule has 2 aliphatic rings. The number of aromatic nitrogens is 2. The predicted octanol–water partition coefficient (Wildman–Crippen LogP) is 3.38. The van der Waals surface area contributed by atoms with Gasteiger partial charge in [-0.15, -0.1) is 11.8 Å². The fourth-order valence-corrected chi connectivity index (χ4v) is 13.6. The van der Waals surface area contributed by atoms with Crippen LogP contribution in [0.15, 0.2) is 21.9 Å². The van der Waals surface area contributed by atoms with E-state index in [9.17, 15) is 9.59 Å². The number of fused-ring (bicyclic) bond motifs is 1. The minimum absolute atomic E-state index is 0.000969. The van der Waals surface area contributed by atoms with Gasteiger partial charge in [0.15, 0.2) is 8.32 Å². The highest BCUT2D eigenvalue weighted by Crippen LogP contribution is 2.49. The van der Waals surface area contributed by atoms with Crippen LogP contribution in [0, 0.1) is 0 Å². The molecule has 1 aromatic rings. The summed E-state index contributed by atoms with van der Waals surface area (Å²) < 4.78 is 27.8. The van der Waals surface area contributed by atoms with Crippen molar-refractivity contribution in [2.45, 2.75) is 87.9 Å². The molecule has 0 unspecified atom stereocenters. The summed E-state index contributed by atoms with van der Waals surface area (Å²) >= 11 is 1.63. The fourth-order valence-electron chi connectivity index (χ4n) is 3.73. The zero-order valence-corrected chi connectivity index (χ0v) is 23.8. The zero-order valence-electron chi connectivity index (χ0n) is 20.0. The molecule has 31 heavy (non-hydrogen) atoms. The summed E-state index contributed by atoms with van der Waals surface area (Å²) in [6, 6.07) is 1.38. The number of nitrogens with zero attached hydrogens (tertiary/aromatic N) is 1. The number of rotatable bonds is 3. The van der Waals surface area contributed by atoms with Crippen LogP contribution in [0.4, 0.5) is 0 Å². The maximum atomic E-state index is 12.7. The van der Waals surface area contributed by atoms with E-state index in [1.54, 1.807) is 22.5 Å². The van der Waals surface area contributed by atoms with E-state index in [0.717, 1.165) is 0 Å². The fraction of sp³-hybridized carbons (Fsp3) is 0.789. The van der Waals surface area contributed by atoms with Crippen molar-refractivity contribution in [2.75, 3.05) is 6.61 Å². The third-order valence-corrected chi connectivity index (χ3v) is 17.8. The van der Waals surface area contributed by atoms with Gasteiger partial charge in [0, 0.05) is 12.3 Å². The number of hydrogen-bond donors (Lipinski definition) is 1. The first-order valence-electron chi connectivity index (χ1n) is 10.7. The largest absolute Gasteiger partial charge is 0.415 e. The Morgan fingerprint density at radius 1 is 1.19 bits per heavy atom. The molecule has 2 aliphatic heterocycles. The van der Waals surface area contributed by atoms with Crippen LogP contribution in [-0.2, 0) is 17.4 Å². The third kappa shape index (κ3) is 5.54. The number of aromatic amines is 1. The van der Waals surface area contributed by atoms with Crippen molar-refractivity contribution in [1.82, 2.24) is 9.55 Å². The first-order valence-corrected chi connectivity index (χ1v) is 20.2. The molecule has 4 atom stereocenters. The van der Waals surface area contributed by atoms with E-state index in [4.69, 9.17) is 17.4 Å². The van der Waals surface area contributed by atoms with Gasteiger partial charge >= 0.3 is 22.8 Å². The van der Waals surface area contributed by atoms with Crippen LogP contribution in [0.25, 0.3) is 0 Å². The molecular formula is C19H36N2O6SSi3. The van der Waals surface area contributed by atoms with Crippen molar-refractivity contribution >= 4 is 37.2 Å². The maximum Gasteiger partial charge on any atom is 0.329 e. The molecule has 1 N–H and O–H groups in total. The summed E-state index contributed by atoms with van der Waals surface area (Å²) in [4.78, 5) is 26.7. The van der Waals surface area contributed by atoms with E-state index in [1.165, 1.54) is 6.07 Å². The minimum Gasteiger partial charge on any atom is -0.415 e. The average molecular weight is 505 g/mol. The van der Waals surface area contributed by atoms with Gasteiger partial charge in [-0.05, 0) is 44.3 Å². The van der Waals surface area contributed by atoms with Crippen molar-refractivity contribution in [3.8, 4) is 0 Å². The topological polar surface area (TPSA) is 91.8 Å². The summed E-state index contributed by atoms with van der Waals surface area (Å²) in [6.45, 7) is 19.6. The molecule has 176 valence electrons. The summed E-state index contributed by atoms with van der Waals surface area (Å²) in [5, 5.41) is -0.335. The van der Waals surface area contributed by atoms with Crippen molar-refractivity contribution < 1.29 is 17.4 Å². The van der Waals surface area contributed by atoms with Crippen molar-refractivity contribution in [1.29, 1.82) is 0 Å². The van der Waals surface area contributed by atoms with Gasteiger partial charge in [-0.2, -0.15) is 0 Å². The molecule has 3 rings (SSSR count). The van der Waals surface area contributed by atoms with Gasteiger partial charge in [0.1, 0.15) is 11.5 Å². The van der Waals surface area contributed by atoms with Crippen LogP contribution in [0.1, 0.15) is 26.1 Å². The SMILES string of the molecule is CC(C)(C)[Si](C)(C)O[C@@H]1[C@@H]2O[Si](C)(C)O[Si](C)(C)OC[C@H]2S[C@H]1n1ccc(=O)[nH]c1=O. The van der Waals surface area contributed by atoms with Gasteiger partial charge in [-0.1, -0.05) is 20.8 Å². The molecule has 12 heteroatoms. The van der Waals surface area contributed by atoms with E-state index in [0.29, 0.717) is 6.61 Å². The van der Waals surface area contributed by atoms with Crippen molar-refractivity contribution in [3.05, 3.63) is 33.1 Å². The lowest BCUT2D eigenvalue weighted by Crippen LogP contribution is -2.58. The Hall–Kier alpha value is -0.479. The number of thioether (sulfide) groups is 1. The lowest BCUT2D eigenvalue weighted by molar-refractivity contribution is 0.00655. The minimum atomic E-state index is -2.50. The molecule has 2 fully saturated rings. The molecule has 0 amide bonds. The average Bonchev–Trinajstić information content (AvgIpc) is 2.86. The van der Waals surface area contributed by atoms with Gasteiger partial charge in [-0.25, -0.2) is 4.79 Å². The molecule has 8 nitrogen and oxygen atoms in total. The van der Waals surface area contributed by atoms with Gasteiger partial charge in [0.2, 0.25) is 0 Å². The van der Waals surface area contributed by atoms with Crippen LogP contribution in [0.2, 0.25) is 44.3 Å². The van der Waals surface area contributed by atoms with Gasteiger partial charge < -0.3 is 17.4 Å². The molecule has 1 aromatic heterocycles. The Morgan fingerprint density at radius 3 is 2.42 bits per heavy atom. The lowest BCUT2D eigenvalue weighted by atomic mass is 10.1. The maximum absolute atomic E-state index is 12.7. The monoisotopic (exact) mass is 504 g/mol. The summed E-state index contributed by atoms with van der Waals surface area (Å²) in [5.41, 5.74) is -0.849. The molecule has 0 saturated carbocycles. The zero-order chi connectivity index (χ0) is 23.4. The summed E-state index contributed by atoms with van der Waals surface area (Å²) in [7, 11) is -7.00. The van der Waals surface area contributed by atoms with Crippen LogP contribution >= 0.6 is 11.8 Å². The van der Waals surface area contributed by atoms with E-state index < -0.39 is 36.7 Å². The van der Waals surface area contributed by atoms with E-state index in [-0.39, 0.29) is 27.9 Å². The smallest absolute Gasteiger partial charge is 0.329 e. The Balaban J connectivity index is 2.05. The van der Waals surface area contributed by atoms with Crippen LogP contribution in [0.5, 0.6) is 0 Å². The van der Waals surface area contributed by atoms with Crippen molar-refractivity contribution in [2.24, 2.45) is 0 Å². The third-order valence-electron chi connectivity index (χ3n) is 6.15. The first-order chi connectivity index (χ1) is 14.0. The quantitative estimate of drug-likeness (QED) is 0.631. The summed E-state index contributed by atoms with van der Waals surface area (Å²) in [6.07, 6.45) is 0.925. The van der Waals surface area contributed by atoms with Crippen LogP contribution in [-0.4, -0.2) is 59.1 Å². The number of nitrogens with one attached hydrogen (secondary N) is 1. The van der Waals surface area contributed by atoms with E-state index in [2.05, 4.69) is 38.8 Å². The Bertz CT molecular complexity index is 926.